The maximum absolute atomic E-state index is 10.6. The van der Waals surface area contributed by atoms with Crippen LogP contribution in [0, 0.1) is 0 Å². The number of carboxylic acids is 1. The highest BCUT2D eigenvalue weighted by Crippen LogP contribution is 2.14. The summed E-state index contributed by atoms with van der Waals surface area (Å²) in [6, 6.07) is 6.13. The number of carboxylic acid groups (broad SMARTS) is 1. The van der Waals surface area contributed by atoms with Gasteiger partial charge >= 0.3 is 5.97 Å². The van der Waals surface area contributed by atoms with E-state index in [0.29, 0.717) is 11.1 Å². The van der Waals surface area contributed by atoms with Crippen LogP contribution in [0.5, 0.6) is 0 Å². The summed E-state index contributed by atoms with van der Waals surface area (Å²) in [4.78, 5) is 20.9. The molecule has 1 atom stereocenters. The zero-order valence-corrected chi connectivity index (χ0v) is 7.30. The van der Waals surface area contributed by atoms with Crippen LogP contribution in [-0.4, -0.2) is 22.5 Å². The highest BCUT2D eigenvalue weighted by atomic mass is 16.4. The highest BCUT2D eigenvalue weighted by Gasteiger charge is 2.19. The average molecular weight is 193 g/mol. The molecular weight excluding hydrogens is 184 g/mol. The zero-order chi connectivity index (χ0) is 10.6. The van der Waals surface area contributed by atoms with E-state index in [9.17, 15) is 9.59 Å². The highest BCUT2D eigenvalue weighted by molar-refractivity contribution is 5.93. The van der Waals surface area contributed by atoms with Crippen molar-refractivity contribution in [2.45, 2.75) is 12.5 Å². The van der Waals surface area contributed by atoms with E-state index in [1.54, 1.807) is 12.1 Å². The summed E-state index contributed by atoms with van der Waals surface area (Å²) in [5.41, 5.74) is 1.04. The summed E-state index contributed by atoms with van der Waals surface area (Å²) in [6.07, 6.45) is 1.44. The quantitative estimate of drug-likeness (QED) is 0.681. The molecule has 1 radical (unpaired) electrons. The Morgan fingerprint density at radius 2 is 1.93 bits per heavy atom. The van der Waals surface area contributed by atoms with Crippen molar-refractivity contribution in [1.82, 2.24) is 0 Å². The van der Waals surface area contributed by atoms with E-state index < -0.39 is 11.9 Å². The Morgan fingerprint density at radius 3 is 2.29 bits per heavy atom. The minimum atomic E-state index is -1.25. The zero-order valence-electron chi connectivity index (χ0n) is 7.30. The summed E-state index contributed by atoms with van der Waals surface area (Å²) in [5, 5.41) is 17.4. The number of aliphatic carboxylic acids is 1. The summed E-state index contributed by atoms with van der Waals surface area (Å²) < 4.78 is 0. The molecule has 1 aromatic rings. The van der Waals surface area contributed by atoms with E-state index in [2.05, 4.69) is 0 Å². The van der Waals surface area contributed by atoms with Crippen LogP contribution >= 0.6 is 0 Å². The van der Waals surface area contributed by atoms with Gasteiger partial charge in [0.2, 0.25) is 6.29 Å². The molecule has 0 aromatic heterocycles. The van der Waals surface area contributed by atoms with Gasteiger partial charge in [-0.05, 0) is 11.1 Å². The molecule has 0 aliphatic carbocycles. The first-order valence-corrected chi connectivity index (χ1v) is 3.99. The smallest absolute Gasteiger partial charge is 0.319 e. The van der Waals surface area contributed by atoms with Crippen molar-refractivity contribution in [3.8, 4) is 0 Å². The Balaban J connectivity index is 2.94. The monoisotopic (exact) mass is 193 g/mol. The average Bonchev–Trinajstić information content (AvgIpc) is 2.19. The third kappa shape index (κ3) is 2.17. The van der Waals surface area contributed by atoms with Crippen LogP contribution in [0.2, 0.25) is 0 Å². The molecule has 0 saturated heterocycles. The van der Waals surface area contributed by atoms with Gasteiger partial charge in [-0.1, -0.05) is 24.3 Å². The number of hydrogen-bond acceptors (Lipinski definition) is 3. The van der Waals surface area contributed by atoms with Gasteiger partial charge in [0, 0.05) is 0 Å². The van der Waals surface area contributed by atoms with E-state index in [-0.39, 0.29) is 6.61 Å². The van der Waals surface area contributed by atoms with E-state index >= 15 is 0 Å². The fourth-order valence-electron chi connectivity index (χ4n) is 1.08. The van der Waals surface area contributed by atoms with Crippen LogP contribution < -0.4 is 0 Å². The molecule has 4 heteroatoms. The van der Waals surface area contributed by atoms with Crippen molar-refractivity contribution in [3.05, 3.63) is 35.4 Å². The van der Waals surface area contributed by atoms with Gasteiger partial charge in [-0.3, -0.25) is 9.59 Å². The summed E-state index contributed by atoms with van der Waals surface area (Å²) in [6.45, 7) is -0.108. The van der Waals surface area contributed by atoms with Gasteiger partial charge in [0.05, 0.1) is 6.61 Å². The topological polar surface area (TPSA) is 74.6 Å². The first-order valence-electron chi connectivity index (χ1n) is 3.99. The van der Waals surface area contributed by atoms with Gasteiger partial charge in [-0.15, -0.1) is 0 Å². The normalized spacial score (nSPS) is 12.1. The predicted molar refractivity (Wildman–Crippen MR) is 48.4 cm³/mol. The Bertz CT molecular complexity index is 328. The van der Waals surface area contributed by atoms with Crippen LogP contribution in [0.3, 0.4) is 0 Å². The lowest BCUT2D eigenvalue weighted by Gasteiger charge is -2.04. The number of carbonyl (C=O) groups is 1. The Labute approximate surface area is 80.8 Å². The maximum Gasteiger partial charge on any atom is 0.319 e. The maximum atomic E-state index is 10.6. The molecule has 0 aliphatic heterocycles. The van der Waals surface area contributed by atoms with Crippen molar-refractivity contribution in [2.24, 2.45) is 0 Å². The number of hydrogen-bond donors (Lipinski definition) is 2. The van der Waals surface area contributed by atoms with Gasteiger partial charge in [0.1, 0.15) is 5.92 Å². The molecule has 14 heavy (non-hydrogen) atoms. The van der Waals surface area contributed by atoms with Gasteiger partial charge in [-0.25, -0.2) is 0 Å². The van der Waals surface area contributed by atoms with E-state index in [0.717, 1.165) is 0 Å². The van der Waals surface area contributed by atoms with Crippen LogP contribution in [0.1, 0.15) is 17.0 Å². The lowest BCUT2D eigenvalue weighted by Crippen LogP contribution is -2.12. The molecule has 0 heterocycles. The number of aliphatic hydroxyl groups excluding tert-OH is 1. The second kappa shape index (κ2) is 4.53. The Hall–Kier alpha value is -1.68. The molecule has 0 aliphatic rings. The van der Waals surface area contributed by atoms with Gasteiger partial charge in [-0.2, -0.15) is 0 Å². The third-order valence-electron chi connectivity index (χ3n) is 1.86. The number of carbonyl (C=O) groups excluding carboxylic acids is 1. The Morgan fingerprint density at radius 1 is 1.36 bits per heavy atom. The molecule has 0 spiro atoms. The number of rotatable bonds is 4. The lowest BCUT2D eigenvalue weighted by atomic mass is 10.00. The van der Waals surface area contributed by atoms with Crippen molar-refractivity contribution in [3.63, 3.8) is 0 Å². The molecule has 2 N–H and O–H groups in total. The van der Waals surface area contributed by atoms with Crippen molar-refractivity contribution in [1.29, 1.82) is 0 Å². The first-order chi connectivity index (χ1) is 6.69. The molecule has 4 nitrogen and oxygen atoms in total. The molecule has 0 saturated carbocycles. The predicted octanol–water partition coefficient (Wildman–Crippen LogP) is 0.457. The number of benzene rings is 1. The van der Waals surface area contributed by atoms with E-state index in [4.69, 9.17) is 10.2 Å². The standard InChI is InChI=1S/C10H9O4/c11-5-7-1-3-8(4-2-7)9(6-12)10(13)14/h1-4,9,11H,5H2,(H,13,14). The SMILES string of the molecule is O=[C]C(C(=O)O)c1ccc(CO)cc1. The van der Waals surface area contributed by atoms with Crippen LogP contribution in [0.4, 0.5) is 0 Å². The molecule has 1 rings (SSSR count). The van der Waals surface area contributed by atoms with Gasteiger partial charge in [0.15, 0.2) is 0 Å². The summed E-state index contributed by atoms with van der Waals surface area (Å²) in [7, 11) is 0. The molecule has 0 fully saturated rings. The molecule has 73 valence electrons. The molecule has 0 bridgehead atoms. The van der Waals surface area contributed by atoms with E-state index in [1.165, 1.54) is 18.4 Å². The second-order valence-electron chi connectivity index (χ2n) is 2.79. The summed E-state index contributed by atoms with van der Waals surface area (Å²) >= 11 is 0. The van der Waals surface area contributed by atoms with Gasteiger partial charge in [0.25, 0.3) is 0 Å². The number of aliphatic hydroxyl groups is 1. The Kier molecular flexibility index (Phi) is 3.36. The first kappa shape index (κ1) is 10.4. The fourth-order valence-corrected chi connectivity index (χ4v) is 1.08. The molecule has 0 amide bonds. The largest absolute Gasteiger partial charge is 0.480 e. The van der Waals surface area contributed by atoms with Crippen molar-refractivity contribution in [2.75, 3.05) is 0 Å². The molecular formula is C10H9O4. The minimum absolute atomic E-state index is 0.108. The second-order valence-corrected chi connectivity index (χ2v) is 2.79. The van der Waals surface area contributed by atoms with E-state index in [1.807, 2.05) is 0 Å². The fraction of sp³-hybridized carbons (Fsp3) is 0.200. The molecule has 1 aromatic carbocycles. The minimum Gasteiger partial charge on any atom is -0.480 e. The third-order valence-corrected chi connectivity index (χ3v) is 1.86. The molecule has 1 unspecified atom stereocenters. The van der Waals surface area contributed by atoms with Crippen LogP contribution in [0.15, 0.2) is 24.3 Å². The van der Waals surface area contributed by atoms with Crippen molar-refractivity contribution < 1.29 is 19.8 Å². The van der Waals surface area contributed by atoms with Crippen LogP contribution in [-0.2, 0) is 16.2 Å². The van der Waals surface area contributed by atoms with Crippen LogP contribution in [0.25, 0.3) is 0 Å². The summed E-state index contributed by atoms with van der Waals surface area (Å²) in [5.74, 6) is -2.47. The van der Waals surface area contributed by atoms with Gasteiger partial charge < -0.3 is 10.2 Å². The lowest BCUT2D eigenvalue weighted by molar-refractivity contribution is -0.137. The van der Waals surface area contributed by atoms with Crippen molar-refractivity contribution >= 4 is 12.3 Å².